The third-order valence-electron chi connectivity index (χ3n) is 7.34. The maximum absolute atomic E-state index is 12.5. The zero-order valence-corrected chi connectivity index (χ0v) is 21.6. The summed E-state index contributed by atoms with van der Waals surface area (Å²) in [4.78, 5) is 30.0. The lowest BCUT2D eigenvalue weighted by molar-refractivity contribution is -0.297. The molecule has 4 rings (SSSR count). The van der Waals surface area contributed by atoms with Gasteiger partial charge < -0.3 is 39.2 Å². The molecule has 0 saturated carbocycles. The summed E-state index contributed by atoms with van der Waals surface area (Å²) in [6, 6.07) is 2.10. The molecule has 0 spiro atoms. The Morgan fingerprint density at radius 1 is 1.22 bits per heavy atom. The van der Waals surface area contributed by atoms with Gasteiger partial charge >= 0.3 is 6.09 Å². The molecule has 4 heterocycles. The maximum Gasteiger partial charge on any atom is 0.409 e. The number of hydrogen-bond donors (Lipinski definition) is 2. The van der Waals surface area contributed by atoms with Gasteiger partial charge in [-0.15, -0.1) is 0 Å². The van der Waals surface area contributed by atoms with Crippen LogP contribution in [0.2, 0.25) is 0 Å². The van der Waals surface area contributed by atoms with Crippen LogP contribution < -0.4 is 5.32 Å². The highest BCUT2D eigenvalue weighted by atomic mass is 16.8. The maximum atomic E-state index is 12.5. The molecule has 12 nitrogen and oxygen atoms in total. The molecule has 2 amide bonds. The third-order valence-corrected chi connectivity index (χ3v) is 7.34. The van der Waals surface area contributed by atoms with E-state index in [2.05, 4.69) is 16.3 Å². The summed E-state index contributed by atoms with van der Waals surface area (Å²) in [5, 5.41) is 23.1. The Bertz CT molecular complexity index is 856. The normalized spacial score (nSPS) is 34.7. The minimum atomic E-state index is -1.18. The van der Waals surface area contributed by atoms with Crippen molar-refractivity contribution in [2.45, 2.75) is 81.5 Å². The smallest absolute Gasteiger partial charge is 0.409 e. The largest absolute Gasteiger partial charge is 0.440 e. The van der Waals surface area contributed by atoms with Crippen LogP contribution in [0.4, 0.5) is 4.79 Å². The van der Waals surface area contributed by atoms with Crippen molar-refractivity contribution in [2.24, 2.45) is 0 Å². The molecule has 0 bridgehead atoms. The average molecular weight is 510 g/mol. The van der Waals surface area contributed by atoms with Crippen molar-refractivity contribution < 1.29 is 33.6 Å². The molecular formula is C24H39N5O7. The summed E-state index contributed by atoms with van der Waals surface area (Å²) in [6.07, 6.45) is -0.0237. The van der Waals surface area contributed by atoms with E-state index in [0.717, 1.165) is 38.8 Å². The van der Waals surface area contributed by atoms with Gasteiger partial charge in [0.15, 0.2) is 18.0 Å². The van der Waals surface area contributed by atoms with E-state index >= 15 is 0 Å². The quantitative estimate of drug-likeness (QED) is 0.498. The van der Waals surface area contributed by atoms with E-state index in [-0.39, 0.29) is 31.1 Å². The second-order valence-corrected chi connectivity index (χ2v) is 10.8. The topological polar surface area (TPSA) is 137 Å². The molecule has 0 radical (unpaired) electrons. The number of aliphatic hydroxyl groups excluding tert-OH is 1. The first kappa shape index (κ1) is 27.0. The van der Waals surface area contributed by atoms with E-state index in [9.17, 15) is 20.0 Å². The number of piperidine rings is 1. The fraction of sp³-hybridized carbons (Fsp3) is 0.875. The molecule has 4 fully saturated rings. The molecule has 36 heavy (non-hydrogen) atoms. The number of fused-ring (bicyclic) bond motifs is 1. The number of nitrogens with one attached hydrogen (secondary N) is 1. The molecule has 0 aromatic rings. The number of rotatable bonds is 6. The van der Waals surface area contributed by atoms with Gasteiger partial charge in [0.05, 0.1) is 25.8 Å². The van der Waals surface area contributed by atoms with Gasteiger partial charge in [0, 0.05) is 26.7 Å². The van der Waals surface area contributed by atoms with Gasteiger partial charge in [-0.3, -0.25) is 9.69 Å². The fourth-order valence-electron chi connectivity index (χ4n) is 5.52. The molecule has 0 aromatic heterocycles. The second-order valence-electron chi connectivity index (χ2n) is 10.8. The number of ether oxygens (including phenoxy) is 4. The van der Waals surface area contributed by atoms with E-state index in [1.54, 1.807) is 32.8 Å². The predicted octanol–water partition coefficient (Wildman–Crippen LogP) is -0.139. The van der Waals surface area contributed by atoms with Crippen LogP contribution in [-0.2, 0) is 23.7 Å². The summed E-state index contributed by atoms with van der Waals surface area (Å²) in [7, 11) is 3.16. The standard InChI is InChI=1S/C24H39N5O7/c1-23(2)35-21-20(34-22(32)27(3)4)18(30)14-33-24(21,36-23)15-28-10-7-16(8-11-28)26-13-19(31)29-9-5-6-17(29)12-25/h16-18,20-21,26,30H,5-11,13-15H2,1-4H3/t17-,18+,20+,21-,24-/m0/s1. The van der Waals surface area contributed by atoms with Crippen LogP contribution in [0, 0.1) is 11.3 Å². The number of amides is 2. The monoisotopic (exact) mass is 509 g/mol. The minimum absolute atomic E-state index is 0.0191. The number of aliphatic hydroxyl groups is 1. The summed E-state index contributed by atoms with van der Waals surface area (Å²) in [5.41, 5.74) is 0. The van der Waals surface area contributed by atoms with Crippen LogP contribution in [0.15, 0.2) is 0 Å². The molecule has 4 aliphatic heterocycles. The first-order valence-corrected chi connectivity index (χ1v) is 12.8. The van der Waals surface area contributed by atoms with Crippen LogP contribution in [0.3, 0.4) is 0 Å². The van der Waals surface area contributed by atoms with Crippen molar-refractivity contribution in [3.05, 3.63) is 0 Å². The lowest BCUT2D eigenvalue weighted by atomic mass is 9.95. The first-order chi connectivity index (χ1) is 17.0. The van der Waals surface area contributed by atoms with Crippen molar-refractivity contribution >= 4 is 12.0 Å². The van der Waals surface area contributed by atoms with Crippen LogP contribution in [0.5, 0.6) is 0 Å². The van der Waals surface area contributed by atoms with Gasteiger partial charge in [-0.1, -0.05) is 0 Å². The number of nitrogens with zero attached hydrogens (tertiary/aromatic N) is 4. The van der Waals surface area contributed by atoms with Gasteiger partial charge in [0.2, 0.25) is 11.7 Å². The van der Waals surface area contributed by atoms with Crippen LogP contribution in [-0.4, -0.2) is 127 Å². The highest BCUT2D eigenvalue weighted by molar-refractivity contribution is 5.79. The molecular weight excluding hydrogens is 470 g/mol. The number of hydrogen-bond acceptors (Lipinski definition) is 10. The Hall–Kier alpha value is -2.01. The minimum Gasteiger partial charge on any atom is -0.440 e. The summed E-state index contributed by atoms with van der Waals surface area (Å²) >= 11 is 0. The molecule has 12 heteroatoms. The summed E-state index contributed by atoms with van der Waals surface area (Å²) in [6.45, 7) is 6.30. The summed E-state index contributed by atoms with van der Waals surface area (Å²) < 4.78 is 24.0. The number of nitriles is 1. The van der Waals surface area contributed by atoms with Crippen LogP contribution >= 0.6 is 0 Å². The van der Waals surface area contributed by atoms with Gasteiger partial charge in [-0.2, -0.15) is 5.26 Å². The fourth-order valence-corrected chi connectivity index (χ4v) is 5.52. The second kappa shape index (κ2) is 10.8. The molecule has 2 N–H and O–H groups in total. The van der Waals surface area contributed by atoms with Crippen LogP contribution in [0.1, 0.15) is 39.5 Å². The SMILES string of the molecule is CN(C)C(=O)O[C@@H]1[C@H](O)CO[C@@]2(CN3CCC(NCC(=O)N4CCC[C@H]4C#N)CC3)OC(C)(C)O[C@@H]12. The highest BCUT2D eigenvalue weighted by Gasteiger charge is 2.63. The average Bonchev–Trinajstić information content (AvgIpc) is 3.42. The zero-order chi connectivity index (χ0) is 26.1. The molecule has 5 atom stereocenters. The Morgan fingerprint density at radius 2 is 1.94 bits per heavy atom. The van der Waals surface area contributed by atoms with Crippen LogP contribution in [0.25, 0.3) is 0 Å². The van der Waals surface area contributed by atoms with E-state index in [1.807, 2.05) is 0 Å². The zero-order valence-electron chi connectivity index (χ0n) is 21.6. The first-order valence-electron chi connectivity index (χ1n) is 12.8. The highest BCUT2D eigenvalue weighted by Crippen LogP contribution is 2.44. The Morgan fingerprint density at radius 3 is 2.61 bits per heavy atom. The van der Waals surface area contributed by atoms with Crippen molar-refractivity contribution in [1.29, 1.82) is 5.26 Å². The van der Waals surface area contributed by atoms with Crippen molar-refractivity contribution in [1.82, 2.24) is 20.0 Å². The lowest BCUT2D eigenvalue weighted by Crippen LogP contribution is -2.65. The van der Waals surface area contributed by atoms with Gasteiger partial charge in [0.1, 0.15) is 12.1 Å². The molecule has 0 aromatic carbocycles. The molecule has 4 saturated heterocycles. The van der Waals surface area contributed by atoms with Gasteiger partial charge in [-0.25, -0.2) is 4.79 Å². The van der Waals surface area contributed by atoms with Crippen molar-refractivity contribution in [3.63, 3.8) is 0 Å². The predicted molar refractivity (Wildman–Crippen MR) is 126 cm³/mol. The van der Waals surface area contributed by atoms with E-state index in [4.69, 9.17) is 18.9 Å². The number of carbonyl (C=O) groups excluding carboxylic acids is 2. The van der Waals surface area contributed by atoms with Crippen molar-refractivity contribution in [3.8, 4) is 6.07 Å². The number of likely N-dealkylation sites (tertiary alicyclic amines) is 2. The molecule has 202 valence electrons. The molecule has 4 aliphatic rings. The molecule has 0 aliphatic carbocycles. The molecule has 0 unspecified atom stereocenters. The Balaban J connectivity index is 1.33. The lowest BCUT2D eigenvalue weighted by Gasteiger charge is -2.45. The van der Waals surface area contributed by atoms with E-state index < -0.39 is 36.0 Å². The third kappa shape index (κ3) is 5.77. The van der Waals surface area contributed by atoms with Gasteiger partial charge in [0.25, 0.3) is 0 Å². The Kier molecular flexibility index (Phi) is 8.09. The van der Waals surface area contributed by atoms with Crippen molar-refractivity contribution in [2.75, 3.05) is 53.4 Å². The van der Waals surface area contributed by atoms with Gasteiger partial charge in [-0.05, 0) is 52.6 Å². The number of carbonyl (C=O) groups is 2. The summed E-state index contributed by atoms with van der Waals surface area (Å²) in [5.74, 6) is -2.18. The van der Waals surface area contributed by atoms with E-state index in [1.165, 1.54) is 4.90 Å². The van der Waals surface area contributed by atoms with E-state index in [0.29, 0.717) is 13.1 Å². The Labute approximate surface area is 212 Å².